The van der Waals surface area contributed by atoms with Crippen LogP contribution in [0, 0.1) is 5.92 Å². The van der Waals surface area contributed by atoms with Crippen LogP contribution < -0.4 is 11.1 Å². The van der Waals surface area contributed by atoms with E-state index in [1.54, 1.807) is 0 Å². The zero-order chi connectivity index (χ0) is 11.5. The van der Waals surface area contributed by atoms with Gasteiger partial charge in [-0.2, -0.15) is 0 Å². The molecule has 1 aliphatic rings. The number of rotatable bonds is 4. The Bertz CT molecular complexity index is 261. The summed E-state index contributed by atoms with van der Waals surface area (Å²) < 4.78 is 0. The lowest BCUT2D eigenvalue weighted by atomic mass is 9.99. The van der Waals surface area contributed by atoms with Gasteiger partial charge in [0, 0.05) is 18.2 Å². The molecule has 4 nitrogen and oxygen atoms in total. The third-order valence-electron chi connectivity index (χ3n) is 2.65. The van der Waals surface area contributed by atoms with Gasteiger partial charge >= 0.3 is 0 Å². The molecule has 0 fully saturated rings. The molecule has 0 aromatic heterocycles. The van der Waals surface area contributed by atoms with Gasteiger partial charge in [-0.05, 0) is 26.7 Å². The van der Waals surface area contributed by atoms with Crippen LogP contribution in [-0.4, -0.2) is 29.2 Å². The predicted molar refractivity (Wildman–Crippen MR) is 59.1 cm³/mol. The summed E-state index contributed by atoms with van der Waals surface area (Å²) >= 11 is 0. The van der Waals surface area contributed by atoms with Gasteiger partial charge in [0.15, 0.2) is 0 Å². The second kappa shape index (κ2) is 4.77. The second-order valence-electron chi connectivity index (χ2n) is 4.74. The molecule has 0 saturated carbocycles. The van der Waals surface area contributed by atoms with Gasteiger partial charge in [-0.1, -0.05) is 12.2 Å². The molecule has 0 aliphatic heterocycles. The first-order chi connectivity index (χ1) is 6.94. The summed E-state index contributed by atoms with van der Waals surface area (Å²) in [5, 5.41) is 11.8. The molecule has 1 amide bonds. The van der Waals surface area contributed by atoms with Crippen molar-refractivity contribution >= 4 is 5.91 Å². The molecule has 4 heteroatoms. The minimum atomic E-state index is -0.355. The number of amides is 1. The van der Waals surface area contributed by atoms with Gasteiger partial charge in [0.25, 0.3) is 0 Å². The van der Waals surface area contributed by atoms with Gasteiger partial charge in [-0.3, -0.25) is 4.79 Å². The zero-order valence-corrected chi connectivity index (χ0v) is 9.36. The fourth-order valence-electron chi connectivity index (χ4n) is 1.69. The second-order valence-corrected chi connectivity index (χ2v) is 4.74. The van der Waals surface area contributed by atoms with E-state index in [-0.39, 0.29) is 30.0 Å². The van der Waals surface area contributed by atoms with Gasteiger partial charge in [0.1, 0.15) is 0 Å². The number of aliphatic hydroxyl groups excluding tert-OH is 1. The Labute approximate surface area is 90.5 Å². The number of carbonyl (C=O) groups is 1. The summed E-state index contributed by atoms with van der Waals surface area (Å²) in [5.41, 5.74) is 5.32. The molecule has 0 bridgehead atoms. The van der Waals surface area contributed by atoms with Gasteiger partial charge in [-0.25, -0.2) is 0 Å². The molecule has 0 radical (unpaired) electrons. The van der Waals surface area contributed by atoms with E-state index in [4.69, 9.17) is 10.8 Å². The minimum Gasteiger partial charge on any atom is -0.396 e. The highest BCUT2D eigenvalue weighted by atomic mass is 16.3. The summed E-state index contributed by atoms with van der Waals surface area (Å²) in [6.07, 6.45) is 4.96. The number of nitrogens with one attached hydrogen (secondary N) is 1. The van der Waals surface area contributed by atoms with Crippen molar-refractivity contribution in [2.24, 2.45) is 11.7 Å². The van der Waals surface area contributed by atoms with Crippen molar-refractivity contribution in [2.75, 3.05) is 6.61 Å². The average Bonchev–Trinajstić information content (AvgIpc) is 2.50. The van der Waals surface area contributed by atoms with E-state index in [0.717, 1.165) is 0 Å². The van der Waals surface area contributed by atoms with E-state index in [2.05, 4.69) is 5.32 Å². The van der Waals surface area contributed by atoms with Crippen LogP contribution in [0.2, 0.25) is 0 Å². The lowest BCUT2D eigenvalue weighted by molar-refractivity contribution is -0.125. The van der Waals surface area contributed by atoms with Crippen LogP contribution in [0.5, 0.6) is 0 Å². The molecule has 0 aromatic rings. The molecular formula is C11H20N2O2. The smallest absolute Gasteiger partial charge is 0.227 e. The maximum Gasteiger partial charge on any atom is 0.227 e. The topological polar surface area (TPSA) is 75.3 Å². The molecule has 86 valence electrons. The Hall–Kier alpha value is -0.870. The predicted octanol–water partition coefficient (Wildman–Crippen LogP) is 0.167. The van der Waals surface area contributed by atoms with Gasteiger partial charge in [0.2, 0.25) is 5.91 Å². The number of carbonyl (C=O) groups excluding carboxylic acids is 1. The number of aliphatic hydroxyl groups is 1. The molecule has 0 saturated heterocycles. The summed E-state index contributed by atoms with van der Waals surface area (Å²) in [4.78, 5) is 11.8. The molecule has 1 rings (SSSR count). The molecular weight excluding hydrogens is 192 g/mol. The molecule has 2 atom stereocenters. The molecule has 4 N–H and O–H groups in total. The lowest BCUT2D eigenvalue weighted by Gasteiger charge is -2.26. The standard InChI is InChI=1S/C11H20N2O2/c1-11(2,5-6-14)13-10(15)8-3-4-9(12)7-8/h3-4,8-9,14H,5-7,12H2,1-2H3,(H,13,15). The van der Waals surface area contributed by atoms with Crippen molar-refractivity contribution in [2.45, 2.75) is 38.3 Å². The maximum atomic E-state index is 11.8. The first kappa shape index (κ1) is 12.2. The van der Waals surface area contributed by atoms with Crippen molar-refractivity contribution in [3.05, 3.63) is 12.2 Å². The zero-order valence-electron chi connectivity index (χ0n) is 9.36. The first-order valence-corrected chi connectivity index (χ1v) is 5.31. The van der Waals surface area contributed by atoms with Crippen molar-refractivity contribution in [3.63, 3.8) is 0 Å². The number of hydrogen-bond donors (Lipinski definition) is 3. The fraction of sp³-hybridized carbons (Fsp3) is 0.727. The highest BCUT2D eigenvalue weighted by Crippen LogP contribution is 2.18. The van der Waals surface area contributed by atoms with E-state index in [1.807, 2.05) is 26.0 Å². The normalized spacial score (nSPS) is 25.6. The molecule has 15 heavy (non-hydrogen) atoms. The van der Waals surface area contributed by atoms with E-state index < -0.39 is 0 Å². The summed E-state index contributed by atoms with van der Waals surface area (Å²) in [6, 6.07) is 0.00158. The van der Waals surface area contributed by atoms with Crippen molar-refractivity contribution in [1.29, 1.82) is 0 Å². The number of nitrogens with two attached hydrogens (primary N) is 1. The Morgan fingerprint density at radius 3 is 2.73 bits per heavy atom. The Kier molecular flexibility index (Phi) is 3.88. The van der Waals surface area contributed by atoms with Crippen molar-refractivity contribution in [1.82, 2.24) is 5.32 Å². The third kappa shape index (κ3) is 3.64. The molecule has 2 unspecified atom stereocenters. The highest BCUT2D eigenvalue weighted by Gasteiger charge is 2.27. The monoisotopic (exact) mass is 212 g/mol. The van der Waals surface area contributed by atoms with Gasteiger partial charge in [-0.15, -0.1) is 0 Å². The van der Waals surface area contributed by atoms with Gasteiger partial charge in [0.05, 0.1) is 5.92 Å². The van der Waals surface area contributed by atoms with Crippen LogP contribution in [0.25, 0.3) is 0 Å². The maximum absolute atomic E-state index is 11.8. The number of hydrogen-bond acceptors (Lipinski definition) is 3. The van der Waals surface area contributed by atoms with E-state index in [9.17, 15) is 4.79 Å². The quantitative estimate of drug-likeness (QED) is 0.581. The van der Waals surface area contributed by atoms with Crippen molar-refractivity contribution < 1.29 is 9.90 Å². The van der Waals surface area contributed by atoms with Crippen LogP contribution in [0.3, 0.4) is 0 Å². The van der Waals surface area contributed by atoms with Crippen LogP contribution in [0.1, 0.15) is 26.7 Å². The minimum absolute atomic E-state index is 0.00158. The Morgan fingerprint density at radius 2 is 2.27 bits per heavy atom. The Morgan fingerprint density at radius 1 is 1.60 bits per heavy atom. The summed E-state index contributed by atoms with van der Waals surface area (Å²) in [7, 11) is 0. The molecule has 0 heterocycles. The molecule has 1 aliphatic carbocycles. The van der Waals surface area contributed by atoms with Crippen LogP contribution >= 0.6 is 0 Å². The van der Waals surface area contributed by atoms with Gasteiger partial charge < -0.3 is 16.2 Å². The SMILES string of the molecule is CC(C)(CCO)NC(=O)C1C=CC(N)C1. The van der Waals surface area contributed by atoms with E-state index >= 15 is 0 Å². The first-order valence-electron chi connectivity index (χ1n) is 5.31. The van der Waals surface area contributed by atoms with Crippen LogP contribution in [0.4, 0.5) is 0 Å². The lowest BCUT2D eigenvalue weighted by Crippen LogP contribution is -2.46. The molecule has 0 spiro atoms. The third-order valence-corrected chi connectivity index (χ3v) is 2.65. The largest absolute Gasteiger partial charge is 0.396 e. The molecule has 0 aromatic carbocycles. The average molecular weight is 212 g/mol. The van der Waals surface area contributed by atoms with Crippen LogP contribution in [0.15, 0.2) is 12.2 Å². The Balaban J connectivity index is 2.45. The summed E-state index contributed by atoms with van der Waals surface area (Å²) in [6.45, 7) is 3.88. The van der Waals surface area contributed by atoms with E-state index in [0.29, 0.717) is 12.8 Å². The van der Waals surface area contributed by atoms with Crippen LogP contribution in [-0.2, 0) is 4.79 Å². The van der Waals surface area contributed by atoms with Crippen molar-refractivity contribution in [3.8, 4) is 0 Å². The fourth-order valence-corrected chi connectivity index (χ4v) is 1.69. The van der Waals surface area contributed by atoms with E-state index in [1.165, 1.54) is 0 Å². The highest BCUT2D eigenvalue weighted by molar-refractivity contribution is 5.81. The summed E-state index contributed by atoms with van der Waals surface area (Å²) in [5.74, 6) is -0.115.